The van der Waals surface area contributed by atoms with E-state index < -0.39 is 6.10 Å². The summed E-state index contributed by atoms with van der Waals surface area (Å²) in [7, 11) is 0. The lowest BCUT2D eigenvalue weighted by atomic mass is 10.1. The molecule has 0 bridgehead atoms. The van der Waals surface area contributed by atoms with E-state index in [4.69, 9.17) is 16.3 Å². The van der Waals surface area contributed by atoms with Crippen molar-refractivity contribution in [1.29, 1.82) is 0 Å². The van der Waals surface area contributed by atoms with Gasteiger partial charge in [-0.1, -0.05) is 23.7 Å². The average molecular weight is 305 g/mol. The number of hydrogen-bond acceptors (Lipinski definition) is 3. The molecule has 0 unspecified atom stereocenters. The molecule has 0 saturated carbocycles. The minimum Gasteiger partial charge on any atom is -0.479 e. The molecule has 4 nitrogen and oxygen atoms in total. The number of benzene rings is 1. The van der Waals surface area contributed by atoms with Gasteiger partial charge in [0.25, 0.3) is 5.91 Å². The lowest BCUT2D eigenvalue weighted by Crippen LogP contribution is -2.37. The number of amides is 1. The van der Waals surface area contributed by atoms with Crippen molar-refractivity contribution < 1.29 is 9.53 Å². The molecule has 0 fully saturated rings. The molecule has 2 rings (SSSR count). The van der Waals surface area contributed by atoms with Crippen LogP contribution in [-0.2, 0) is 4.79 Å². The first-order chi connectivity index (χ1) is 10.1. The zero-order chi connectivity index (χ0) is 15.2. The second-order valence-corrected chi connectivity index (χ2v) is 5.11. The standard InChI is InChI=1S/C16H17ClN2O2/c1-11(13-7-9-18-10-8-13)19-16(20)12(2)21-15-6-4-3-5-14(15)17/h3-12H,1-2H3,(H,19,20)/t11-,12-/m1/s1. The summed E-state index contributed by atoms with van der Waals surface area (Å²) in [5, 5.41) is 3.39. The van der Waals surface area contributed by atoms with Crippen molar-refractivity contribution in [2.75, 3.05) is 0 Å². The number of nitrogens with one attached hydrogen (secondary N) is 1. The molecule has 5 heteroatoms. The van der Waals surface area contributed by atoms with Crippen LogP contribution in [0.1, 0.15) is 25.5 Å². The Morgan fingerprint density at radius 1 is 1.19 bits per heavy atom. The molecule has 0 saturated heterocycles. The molecule has 110 valence electrons. The summed E-state index contributed by atoms with van der Waals surface area (Å²) in [5.41, 5.74) is 0.989. The Morgan fingerprint density at radius 3 is 2.52 bits per heavy atom. The summed E-state index contributed by atoms with van der Waals surface area (Å²) in [6, 6.07) is 10.7. The van der Waals surface area contributed by atoms with E-state index in [2.05, 4.69) is 10.3 Å². The molecular weight excluding hydrogens is 288 g/mol. The van der Waals surface area contributed by atoms with Crippen LogP contribution < -0.4 is 10.1 Å². The van der Waals surface area contributed by atoms with Gasteiger partial charge < -0.3 is 10.1 Å². The van der Waals surface area contributed by atoms with E-state index in [0.29, 0.717) is 10.8 Å². The van der Waals surface area contributed by atoms with Crippen molar-refractivity contribution >= 4 is 17.5 Å². The molecular formula is C16H17ClN2O2. The summed E-state index contributed by atoms with van der Waals surface area (Å²) in [4.78, 5) is 16.1. The first kappa shape index (κ1) is 15.3. The molecule has 2 aromatic rings. The van der Waals surface area contributed by atoms with Gasteiger partial charge in [0.15, 0.2) is 6.10 Å². The summed E-state index contributed by atoms with van der Waals surface area (Å²) in [6.07, 6.45) is 2.76. The third kappa shape index (κ3) is 4.20. The van der Waals surface area contributed by atoms with Gasteiger partial charge in [0.1, 0.15) is 5.75 Å². The van der Waals surface area contributed by atoms with Crippen LogP contribution in [0.5, 0.6) is 5.75 Å². The summed E-state index contributed by atoms with van der Waals surface area (Å²) in [6.45, 7) is 3.60. The van der Waals surface area contributed by atoms with Gasteiger partial charge in [-0.2, -0.15) is 0 Å². The Morgan fingerprint density at radius 2 is 1.86 bits per heavy atom. The van der Waals surface area contributed by atoms with Gasteiger partial charge in [-0.25, -0.2) is 0 Å². The molecule has 0 aliphatic heterocycles. The van der Waals surface area contributed by atoms with Crippen LogP contribution in [0.4, 0.5) is 0 Å². The number of pyridine rings is 1. The molecule has 21 heavy (non-hydrogen) atoms. The second-order valence-electron chi connectivity index (χ2n) is 4.70. The molecule has 1 aromatic heterocycles. The van der Waals surface area contributed by atoms with Crippen molar-refractivity contribution in [3.63, 3.8) is 0 Å². The number of halogens is 1. The van der Waals surface area contributed by atoms with E-state index in [-0.39, 0.29) is 11.9 Å². The van der Waals surface area contributed by atoms with Gasteiger partial charge in [-0.05, 0) is 43.7 Å². The summed E-state index contributed by atoms with van der Waals surface area (Å²) >= 11 is 6.01. The van der Waals surface area contributed by atoms with Gasteiger partial charge in [0, 0.05) is 12.4 Å². The van der Waals surface area contributed by atoms with Gasteiger partial charge in [0.05, 0.1) is 11.1 Å². The van der Waals surface area contributed by atoms with Crippen LogP contribution in [0.2, 0.25) is 5.02 Å². The maximum atomic E-state index is 12.1. The molecule has 0 aliphatic carbocycles. The smallest absolute Gasteiger partial charge is 0.261 e. The first-order valence-corrected chi connectivity index (χ1v) is 7.07. The van der Waals surface area contributed by atoms with Crippen molar-refractivity contribution in [2.24, 2.45) is 0 Å². The predicted molar refractivity (Wildman–Crippen MR) is 82.3 cm³/mol. The van der Waals surface area contributed by atoms with Gasteiger partial charge in [-0.15, -0.1) is 0 Å². The van der Waals surface area contributed by atoms with Gasteiger partial charge in [0.2, 0.25) is 0 Å². The highest BCUT2D eigenvalue weighted by Crippen LogP contribution is 2.24. The lowest BCUT2D eigenvalue weighted by molar-refractivity contribution is -0.127. The maximum absolute atomic E-state index is 12.1. The fourth-order valence-corrected chi connectivity index (χ4v) is 2.03. The van der Waals surface area contributed by atoms with Crippen molar-refractivity contribution in [2.45, 2.75) is 26.0 Å². The van der Waals surface area contributed by atoms with Crippen LogP contribution in [0, 0.1) is 0 Å². The predicted octanol–water partition coefficient (Wildman–Crippen LogP) is 3.38. The highest BCUT2D eigenvalue weighted by atomic mass is 35.5. The molecule has 1 N–H and O–H groups in total. The minimum atomic E-state index is -0.630. The Bertz CT molecular complexity index is 604. The number of rotatable bonds is 5. The van der Waals surface area contributed by atoms with E-state index in [1.807, 2.05) is 31.2 Å². The molecule has 1 amide bonds. The average Bonchev–Trinajstić information content (AvgIpc) is 2.50. The number of hydrogen-bond donors (Lipinski definition) is 1. The van der Waals surface area contributed by atoms with Crippen molar-refractivity contribution in [3.8, 4) is 5.75 Å². The molecule has 0 aliphatic rings. The van der Waals surface area contributed by atoms with E-state index in [1.54, 1.807) is 31.5 Å². The number of ether oxygens (including phenoxy) is 1. The van der Waals surface area contributed by atoms with E-state index >= 15 is 0 Å². The molecule has 0 radical (unpaired) electrons. The van der Waals surface area contributed by atoms with Gasteiger partial charge in [-0.3, -0.25) is 9.78 Å². The number of para-hydroxylation sites is 1. The fraction of sp³-hybridized carbons (Fsp3) is 0.250. The maximum Gasteiger partial charge on any atom is 0.261 e. The Hall–Kier alpha value is -2.07. The van der Waals surface area contributed by atoms with Crippen LogP contribution in [0.15, 0.2) is 48.8 Å². The van der Waals surface area contributed by atoms with Gasteiger partial charge >= 0.3 is 0 Å². The number of carbonyl (C=O) groups is 1. The normalized spacial score (nSPS) is 13.3. The highest BCUT2D eigenvalue weighted by Gasteiger charge is 2.18. The van der Waals surface area contributed by atoms with Crippen LogP contribution in [-0.4, -0.2) is 17.0 Å². The lowest BCUT2D eigenvalue weighted by Gasteiger charge is -2.19. The number of carbonyl (C=O) groups excluding carboxylic acids is 1. The van der Waals surface area contributed by atoms with Crippen molar-refractivity contribution in [3.05, 3.63) is 59.4 Å². The van der Waals surface area contributed by atoms with Crippen LogP contribution in [0.3, 0.4) is 0 Å². The molecule has 0 spiro atoms. The first-order valence-electron chi connectivity index (χ1n) is 6.69. The Labute approximate surface area is 129 Å². The monoisotopic (exact) mass is 304 g/mol. The third-order valence-electron chi connectivity index (χ3n) is 3.07. The zero-order valence-corrected chi connectivity index (χ0v) is 12.7. The number of aromatic nitrogens is 1. The van der Waals surface area contributed by atoms with E-state index in [0.717, 1.165) is 5.56 Å². The minimum absolute atomic E-state index is 0.113. The van der Waals surface area contributed by atoms with Crippen molar-refractivity contribution in [1.82, 2.24) is 10.3 Å². The SMILES string of the molecule is C[C@@H](Oc1ccccc1Cl)C(=O)N[C@H](C)c1ccncc1. The second kappa shape index (κ2) is 7.09. The van der Waals surface area contributed by atoms with E-state index in [9.17, 15) is 4.79 Å². The summed E-state index contributed by atoms with van der Waals surface area (Å²) < 4.78 is 5.59. The quantitative estimate of drug-likeness (QED) is 0.921. The summed E-state index contributed by atoms with van der Waals surface area (Å²) in [5.74, 6) is 0.303. The Kier molecular flexibility index (Phi) is 5.17. The topological polar surface area (TPSA) is 51.2 Å². The highest BCUT2D eigenvalue weighted by molar-refractivity contribution is 6.32. The third-order valence-corrected chi connectivity index (χ3v) is 3.39. The Balaban J connectivity index is 1.95. The van der Waals surface area contributed by atoms with Crippen LogP contribution >= 0.6 is 11.6 Å². The fourth-order valence-electron chi connectivity index (χ4n) is 1.85. The number of nitrogens with zero attached hydrogens (tertiary/aromatic N) is 1. The largest absolute Gasteiger partial charge is 0.479 e. The molecule has 1 aromatic carbocycles. The van der Waals surface area contributed by atoms with E-state index in [1.165, 1.54) is 0 Å². The molecule has 2 atom stereocenters. The molecule has 1 heterocycles. The van der Waals surface area contributed by atoms with Crippen LogP contribution in [0.25, 0.3) is 0 Å². The zero-order valence-electron chi connectivity index (χ0n) is 11.9.